The lowest BCUT2D eigenvalue weighted by Gasteiger charge is -2.25. The summed E-state index contributed by atoms with van der Waals surface area (Å²) >= 11 is 1.78. The van der Waals surface area contributed by atoms with Crippen LogP contribution in [0.2, 0.25) is 0 Å². The molecule has 1 aliphatic carbocycles. The lowest BCUT2D eigenvalue weighted by molar-refractivity contribution is -0.125. The van der Waals surface area contributed by atoms with Crippen molar-refractivity contribution in [3.05, 3.63) is 22.4 Å². The Balaban J connectivity index is 1.98. The monoisotopic (exact) mass is 252 g/mol. The highest BCUT2D eigenvalue weighted by Gasteiger charge is 2.34. The van der Waals surface area contributed by atoms with Gasteiger partial charge in [0.25, 0.3) is 0 Å². The van der Waals surface area contributed by atoms with Crippen LogP contribution < -0.4 is 11.1 Å². The van der Waals surface area contributed by atoms with Gasteiger partial charge in [-0.2, -0.15) is 0 Å². The summed E-state index contributed by atoms with van der Waals surface area (Å²) in [5, 5.41) is 5.62. The van der Waals surface area contributed by atoms with Crippen LogP contribution in [0.5, 0.6) is 0 Å². The zero-order valence-electron chi connectivity index (χ0n) is 10.4. The van der Waals surface area contributed by atoms with Crippen molar-refractivity contribution in [3.8, 4) is 0 Å². The molecular formula is C13H20N2OS. The molecular weight excluding hydrogens is 232 g/mol. The van der Waals surface area contributed by atoms with E-state index in [-0.39, 0.29) is 5.91 Å². The average molecular weight is 252 g/mol. The second kappa shape index (κ2) is 4.78. The maximum atomic E-state index is 11.3. The molecule has 0 aromatic carbocycles. The predicted octanol–water partition coefficient (Wildman–Crippen LogP) is 2.30. The molecule has 3 N–H and O–H groups in total. The Hall–Kier alpha value is -0.870. The second-order valence-electron chi connectivity index (χ2n) is 5.46. The minimum atomic E-state index is -0.482. The molecule has 2 rings (SSSR count). The fraction of sp³-hybridized carbons (Fsp3) is 0.615. The van der Waals surface area contributed by atoms with Gasteiger partial charge < -0.3 is 11.1 Å². The summed E-state index contributed by atoms with van der Waals surface area (Å²) in [5.74, 6) is 0.489. The van der Waals surface area contributed by atoms with Crippen molar-refractivity contribution >= 4 is 17.2 Å². The van der Waals surface area contributed by atoms with E-state index in [0.717, 1.165) is 5.92 Å². The second-order valence-corrected chi connectivity index (χ2v) is 6.44. The maximum absolute atomic E-state index is 11.3. The molecule has 1 unspecified atom stereocenters. The first-order valence-electron chi connectivity index (χ1n) is 6.07. The maximum Gasteiger partial charge on any atom is 0.224 e. The van der Waals surface area contributed by atoms with E-state index < -0.39 is 5.41 Å². The molecule has 1 atom stereocenters. The fourth-order valence-corrected chi connectivity index (χ4v) is 2.74. The van der Waals surface area contributed by atoms with E-state index in [1.165, 1.54) is 17.7 Å². The minimum absolute atomic E-state index is 0.245. The van der Waals surface area contributed by atoms with Crippen molar-refractivity contribution in [3.63, 3.8) is 0 Å². The first kappa shape index (κ1) is 12.6. The lowest BCUT2D eigenvalue weighted by atomic mass is 9.92. The van der Waals surface area contributed by atoms with Crippen LogP contribution in [0.1, 0.15) is 37.6 Å². The number of rotatable bonds is 6. The van der Waals surface area contributed by atoms with Gasteiger partial charge >= 0.3 is 0 Å². The van der Waals surface area contributed by atoms with Gasteiger partial charge in [-0.15, -0.1) is 11.3 Å². The van der Waals surface area contributed by atoms with Crippen molar-refractivity contribution in [1.82, 2.24) is 5.32 Å². The molecule has 3 nitrogen and oxygen atoms in total. The van der Waals surface area contributed by atoms with Crippen LogP contribution in [0.25, 0.3) is 0 Å². The van der Waals surface area contributed by atoms with Gasteiger partial charge in [-0.05, 0) is 44.1 Å². The Bertz CT molecular complexity index is 382. The summed E-state index contributed by atoms with van der Waals surface area (Å²) in [7, 11) is 0. The standard InChI is InChI=1S/C13H20N2OS/c1-13(2,12(14)16)8-15-11(9-5-6-9)10-4-3-7-17-10/h3-4,7,9,11,15H,5-6,8H2,1-2H3,(H2,14,16). The SMILES string of the molecule is CC(C)(CNC(c1cccs1)C1CC1)C(N)=O. The summed E-state index contributed by atoms with van der Waals surface area (Å²) in [6, 6.07) is 4.64. The molecule has 4 heteroatoms. The van der Waals surface area contributed by atoms with E-state index in [4.69, 9.17) is 5.73 Å². The third-order valence-corrected chi connectivity index (χ3v) is 4.33. The summed E-state index contributed by atoms with van der Waals surface area (Å²) in [6.07, 6.45) is 2.57. The summed E-state index contributed by atoms with van der Waals surface area (Å²) in [4.78, 5) is 12.7. The molecule has 0 radical (unpaired) electrons. The number of nitrogens with two attached hydrogens (primary N) is 1. The average Bonchev–Trinajstić information content (AvgIpc) is 2.94. The van der Waals surface area contributed by atoms with Crippen LogP contribution >= 0.6 is 11.3 Å². The molecule has 1 heterocycles. The molecule has 17 heavy (non-hydrogen) atoms. The van der Waals surface area contributed by atoms with Crippen molar-refractivity contribution in [2.24, 2.45) is 17.1 Å². The molecule has 1 amide bonds. The molecule has 1 aromatic heterocycles. The van der Waals surface area contributed by atoms with Gasteiger partial charge in [0.1, 0.15) is 0 Å². The first-order valence-corrected chi connectivity index (χ1v) is 6.95. The Kier molecular flexibility index (Phi) is 3.54. The van der Waals surface area contributed by atoms with Gasteiger partial charge in [-0.25, -0.2) is 0 Å². The minimum Gasteiger partial charge on any atom is -0.369 e. The van der Waals surface area contributed by atoms with E-state index in [0.29, 0.717) is 12.6 Å². The van der Waals surface area contributed by atoms with E-state index >= 15 is 0 Å². The Morgan fingerprint density at radius 2 is 2.35 bits per heavy atom. The smallest absolute Gasteiger partial charge is 0.224 e. The summed E-state index contributed by atoms with van der Waals surface area (Å²) in [5.41, 5.74) is 4.91. The molecule has 1 fully saturated rings. The van der Waals surface area contributed by atoms with Crippen LogP contribution in [0, 0.1) is 11.3 Å². The first-order chi connectivity index (χ1) is 8.00. The fourth-order valence-electron chi connectivity index (χ4n) is 1.85. The van der Waals surface area contributed by atoms with Crippen LogP contribution in [-0.2, 0) is 4.79 Å². The number of hydrogen-bond donors (Lipinski definition) is 2. The Labute approximate surface area is 106 Å². The van der Waals surface area contributed by atoms with Gasteiger partial charge in [-0.3, -0.25) is 4.79 Å². The predicted molar refractivity (Wildman–Crippen MR) is 70.8 cm³/mol. The molecule has 1 aliphatic rings. The molecule has 0 aliphatic heterocycles. The van der Waals surface area contributed by atoms with Crippen molar-refractivity contribution in [2.75, 3.05) is 6.54 Å². The van der Waals surface area contributed by atoms with Crippen LogP contribution in [0.4, 0.5) is 0 Å². The highest BCUT2D eigenvalue weighted by molar-refractivity contribution is 7.10. The van der Waals surface area contributed by atoms with E-state index in [2.05, 4.69) is 22.8 Å². The number of nitrogens with one attached hydrogen (secondary N) is 1. The van der Waals surface area contributed by atoms with Crippen LogP contribution in [0.15, 0.2) is 17.5 Å². The zero-order valence-corrected chi connectivity index (χ0v) is 11.2. The largest absolute Gasteiger partial charge is 0.369 e. The molecule has 0 bridgehead atoms. The summed E-state index contributed by atoms with van der Waals surface area (Å²) in [6.45, 7) is 4.42. The third-order valence-electron chi connectivity index (χ3n) is 3.37. The van der Waals surface area contributed by atoms with Crippen LogP contribution in [0.3, 0.4) is 0 Å². The third kappa shape index (κ3) is 3.07. The van der Waals surface area contributed by atoms with E-state index in [1.807, 2.05) is 13.8 Å². The van der Waals surface area contributed by atoms with E-state index in [9.17, 15) is 4.79 Å². The quantitative estimate of drug-likeness (QED) is 0.816. The number of hydrogen-bond acceptors (Lipinski definition) is 3. The molecule has 0 spiro atoms. The Morgan fingerprint density at radius 1 is 1.65 bits per heavy atom. The number of carbonyl (C=O) groups is 1. The number of primary amides is 1. The van der Waals surface area contributed by atoms with Gasteiger partial charge in [0.05, 0.1) is 5.41 Å². The van der Waals surface area contributed by atoms with E-state index in [1.54, 1.807) is 11.3 Å². The lowest BCUT2D eigenvalue weighted by Crippen LogP contribution is -2.41. The number of carbonyl (C=O) groups excluding carboxylic acids is 1. The van der Waals surface area contributed by atoms with Crippen molar-refractivity contribution < 1.29 is 4.79 Å². The van der Waals surface area contributed by atoms with Crippen molar-refractivity contribution in [2.45, 2.75) is 32.7 Å². The van der Waals surface area contributed by atoms with Crippen LogP contribution in [-0.4, -0.2) is 12.5 Å². The normalized spacial score (nSPS) is 18.0. The number of amides is 1. The highest BCUT2D eigenvalue weighted by atomic mass is 32.1. The van der Waals surface area contributed by atoms with Gasteiger partial charge in [-0.1, -0.05) is 6.07 Å². The van der Waals surface area contributed by atoms with Gasteiger partial charge in [0, 0.05) is 17.5 Å². The van der Waals surface area contributed by atoms with Gasteiger partial charge in [0.2, 0.25) is 5.91 Å². The molecule has 1 saturated carbocycles. The Morgan fingerprint density at radius 3 is 2.82 bits per heavy atom. The van der Waals surface area contributed by atoms with Crippen molar-refractivity contribution in [1.29, 1.82) is 0 Å². The summed E-state index contributed by atoms with van der Waals surface area (Å²) < 4.78 is 0. The highest BCUT2D eigenvalue weighted by Crippen LogP contribution is 2.42. The van der Waals surface area contributed by atoms with Gasteiger partial charge in [0.15, 0.2) is 0 Å². The number of thiophene rings is 1. The zero-order chi connectivity index (χ0) is 12.5. The molecule has 0 saturated heterocycles. The molecule has 94 valence electrons. The molecule has 1 aromatic rings. The topological polar surface area (TPSA) is 55.1 Å².